The quantitative estimate of drug-likeness (QED) is 0.638. The van der Waals surface area contributed by atoms with Crippen LogP contribution in [0, 0.1) is 11.8 Å². The summed E-state index contributed by atoms with van der Waals surface area (Å²) in [5, 5.41) is 0.595. The Morgan fingerprint density at radius 1 is 1.31 bits per heavy atom. The van der Waals surface area contributed by atoms with Crippen molar-refractivity contribution in [2.75, 3.05) is 18.0 Å². The smallest absolute Gasteiger partial charge is 0.131 e. The summed E-state index contributed by atoms with van der Waals surface area (Å²) >= 11 is 5.83. The van der Waals surface area contributed by atoms with Crippen LogP contribution in [0.15, 0.2) is 18.2 Å². The summed E-state index contributed by atoms with van der Waals surface area (Å²) < 4.78 is 0. The fourth-order valence-corrected chi connectivity index (χ4v) is 2.32. The summed E-state index contributed by atoms with van der Waals surface area (Å²) in [6, 6.07) is 5.83. The highest BCUT2D eigenvalue weighted by atomic mass is 35.5. The predicted octanol–water partition coefficient (Wildman–Crippen LogP) is 2.19. The maximum atomic E-state index is 5.83. The topological polar surface area (TPSA) is 16.1 Å². The van der Waals surface area contributed by atoms with Crippen LogP contribution in [0.2, 0.25) is 5.15 Å². The van der Waals surface area contributed by atoms with Gasteiger partial charge in [0.1, 0.15) is 11.0 Å². The van der Waals surface area contributed by atoms with Gasteiger partial charge in [-0.15, -0.1) is 0 Å². The zero-order chi connectivity index (χ0) is 8.84. The number of hydrogen-bond acceptors (Lipinski definition) is 2. The SMILES string of the molecule is Clc1cccc(N2CC3CC3C2)n1. The normalized spacial score (nSPS) is 30.4. The molecule has 2 fully saturated rings. The van der Waals surface area contributed by atoms with Crippen molar-refractivity contribution < 1.29 is 0 Å². The zero-order valence-electron chi connectivity index (χ0n) is 7.28. The highest BCUT2D eigenvalue weighted by molar-refractivity contribution is 6.29. The second kappa shape index (κ2) is 2.61. The molecule has 3 rings (SSSR count). The van der Waals surface area contributed by atoms with Crippen LogP contribution in [0.1, 0.15) is 6.42 Å². The van der Waals surface area contributed by atoms with Gasteiger partial charge in [0.25, 0.3) is 0 Å². The van der Waals surface area contributed by atoms with Gasteiger partial charge >= 0.3 is 0 Å². The first-order chi connectivity index (χ1) is 6.33. The molecular formula is C10H11ClN2. The van der Waals surface area contributed by atoms with Crippen LogP contribution in [0.3, 0.4) is 0 Å². The number of anilines is 1. The Morgan fingerprint density at radius 2 is 2.08 bits per heavy atom. The second-order valence-corrected chi connectivity index (χ2v) is 4.37. The lowest BCUT2D eigenvalue weighted by Crippen LogP contribution is -2.22. The van der Waals surface area contributed by atoms with Crippen LogP contribution in [-0.4, -0.2) is 18.1 Å². The number of rotatable bonds is 1. The molecule has 2 aliphatic rings. The van der Waals surface area contributed by atoms with E-state index in [2.05, 4.69) is 9.88 Å². The molecule has 1 saturated carbocycles. The van der Waals surface area contributed by atoms with Crippen LogP contribution in [0.25, 0.3) is 0 Å². The van der Waals surface area contributed by atoms with Crippen molar-refractivity contribution in [3.63, 3.8) is 0 Å². The molecule has 2 nitrogen and oxygen atoms in total. The Balaban J connectivity index is 1.84. The number of halogens is 1. The van der Waals surface area contributed by atoms with Crippen molar-refractivity contribution in [2.45, 2.75) is 6.42 Å². The van der Waals surface area contributed by atoms with E-state index in [1.165, 1.54) is 19.5 Å². The van der Waals surface area contributed by atoms with E-state index in [-0.39, 0.29) is 0 Å². The minimum atomic E-state index is 0.595. The summed E-state index contributed by atoms with van der Waals surface area (Å²) in [6.45, 7) is 2.36. The maximum absolute atomic E-state index is 5.83. The molecule has 2 unspecified atom stereocenters. The highest BCUT2D eigenvalue weighted by Crippen LogP contribution is 2.45. The molecule has 0 N–H and O–H groups in total. The van der Waals surface area contributed by atoms with Crippen LogP contribution in [0.4, 0.5) is 5.82 Å². The molecule has 13 heavy (non-hydrogen) atoms. The van der Waals surface area contributed by atoms with Crippen molar-refractivity contribution >= 4 is 17.4 Å². The standard InChI is InChI=1S/C10H11ClN2/c11-9-2-1-3-10(12-9)13-5-7-4-8(7)6-13/h1-3,7-8H,4-6H2. The molecule has 0 amide bonds. The van der Waals surface area contributed by atoms with E-state index in [0.29, 0.717) is 5.15 Å². The lowest BCUT2D eigenvalue weighted by molar-refractivity contribution is 0.805. The van der Waals surface area contributed by atoms with Crippen molar-refractivity contribution in [3.8, 4) is 0 Å². The molecule has 1 saturated heterocycles. The third-order valence-corrected chi connectivity index (χ3v) is 3.21. The number of fused-ring (bicyclic) bond motifs is 1. The molecule has 2 atom stereocenters. The average molecular weight is 195 g/mol. The van der Waals surface area contributed by atoms with E-state index in [1.54, 1.807) is 0 Å². The van der Waals surface area contributed by atoms with Crippen LogP contribution < -0.4 is 4.90 Å². The third kappa shape index (κ3) is 1.29. The Kier molecular flexibility index (Phi) is 1.53. The van der Waals surface area contributed by atoms with Crippen LogP contribution in [0.5, 0.6) is 0 Å². The Morgan fingerprint density at radius 3 is 2.77 bits per heavy atom. The van der Waals surface area contributed by atoms with Gasteiger partial charge in [0.05, 0.1) is 0 Å². The van der Waals surface area contributed by atoms with E-state index in [4.69, 9.17) is 11.6 Å². The molecule has 68 valence electrons. The summed E-state index contributed by atoms with van der Waals surface area (Å²) in [7, 11) is 0. The van der Waals surface area contributed by atoms with Crippen molar-refractivity contribution in [3.05, 3.63) is 23.4 Å². The van der Waals surface area contributed by atoms with Gasteiger partial charge in [-0.3, -0.25) is 0 Å². The van der Waals surface area contributed by atoms with E-state index in [9.17, 15) is 0 Å². The maximum Gasteiger partial charge on any atom is 0.131 e. The van der Waals surface area contributed by atoms with E-state index >= 15 is 0 Å². The lowest BCUT2D eigenvalue weighted by atomic mass is 10.4. The van der Waals surface area contributed by atoms with Gasteiger partial charge in [-0.1, -0.05) is 17.7 Å². The summed E-state index contributed by atoms with van der Waals surface area (Å²) in [5.41, 5.74) is 0. The Labute approximate surface area is 82.5 Å². The molecule has 0 radical (unpaired) electrons. The first kappa shape index (κ1) is 7.63. The monoisotopic (exact) mass is 194 g/mol. The first-order valence-electron chi connectivity index (χ1n) is 4.70. The Hall–Kier alpha value is -0.760. The van der Waals surface area contributed by atoms with Gasteiger partial charge in [-0.2, -0.15) is 0 Å². The fraction of sp³-hybridized carbons (Fsp3) is 0.500. The predicted molar refractivity (Wildman–Crippen MR) is 53.1 cm³/mol. The second-order valence-electron chi connectivity index (χ2n) is 3.98. The summed E-state index contributed by atoms with van der Waals surface area (Å²) in [6.07, 6.45) is 1.43. The number of pyridine rings is 1. The summed E-state index contributed by atoms with van der Waals surface area (Å²) in [4.78, 5) is 6.64. The van der Waals surface area contributed by atoms with E-state index in [0.717, 1.165) is 17.7 Å². The average Bonchev–Trinajstić information content (AvgIpc) is 2.74. The van der Waals surface area contributed by atoms with Gasteiger partial charge in [0, 0.05) is 13.1 Å². The third-order valence-electron chi connectivity index (χ3n) is 3.00. The van der Waals surface area contributed by atoms with Crippen LogP contribution in [-0.2, 0) is 0 Å². The lowest BCUT2D eigenvalue weighted by Gasteiger charge is -2.18. The molecule has 3 heteroatoms. The molecule has 1 aromatic rings. The molecule has 0 spiro atoms. The number of piperidine rings is 1. The molecule has 1 aromatic heterocycles. The number of aromatic nitrogens is 1. The number of hydrogen-bond donors (Lipinski definition) is 0. The van der Waals surface area contributed by atoms with Crippen molar-refractivity contribution in [1.82, 2.24) is 4.98 Å². The van der Waals surface area contributed by atoms with Gasteiger partial charge < -0.3 is 4.90 Å². The minimum absolute atomic E-state index is 0.595. The van der Waals surface area contributed by atoms with Crippen molar-refractivity contribution in [1.29, 1.82) is 0 Å². The van der Waals surface area contributed by atoms with Crippen LogP contribution >= 0.6 is 11.6 Å². The van der Waals surface area contributed by atoms with E-state index in [1.807, 2.05) is 18.2 Å². The largest absolute Gasteiger partial charge is 0.356 e. The molecular weight excluding hydrogens is 184 g/mol. The van der Waals surface area contributed by atoms with E-state index < -0.39 is 0 Å². The summed E-state index contributed by atoms with van der Waals surface area (Å²) in [5.74, 6) is 2.93. The first-order valence-corrected chi connectivity index (χ1v) is 5.08. The minimum Gasteiger partial charge on any atom is -0.356 e. The molecule has 1 aliphatic carbocycles. The van der Waals surface area contributed by atoms with Gasteiger partial charge in [-0.05, 0) is 30.4 Å². The fourth-order valence-electron chi connectivity index (χ4n) is 2.16. The number of nitrogens with zero attached hydrogens (tertiary/aromatic N) is 2. The molecule has 0 bridgehead atoms. The molecule has 1 aliphatic heterocycles. The zero-order valence-corrected chi connectivity index (χ0v) is 8.04. The highest BCUT2D eigenvalue weighted by Gasteiger charge is 2.45. The van der Waals surface area contributed by atoms with Gasteiger partial charge in [0.2, 0.25) is 0 Å². The van der Waals surface area contributed by atoms with Gasteiger partial charge in [0.15, 0.2) is 0 Å². The Bertz CT molecular complexity index is 329. The van der Waals surface area contributed by atoms with Crippen molar-refractivity contribution in [2.24, 2.45) is 11.8 Å². The molecule has 2 heterocycles. The van der Waals surface area contributed by atoms with Gasteiger partial charge in [-0.25, -0.2) is 4.98 Å². The molecule has 0 aromatic carbocycles.